The van der Waals surface area contributed by atoms with Crippen molar-refractivity contribution < 1.29 is 9.59 Å². The Balaban J connectivity index is 1.76. The first-order valence-electron chi connectivity index (χ1n) is 7.66. The summed E-state index contributed by atoms with van der Waals surface area (Å²) in [5, 5.41) is 4.79. The predicted octanol–water partition coefficient (Wildman–Crippen LogP) is 1.73. The number of nitrogens with one attached hydrogen (secondary N) is 1. The van der Waals surface area contributed by atoms with Crippen LogP contribution in [0.15, 0.2) is 36.7 Å². The molecule has 0 aliphatic carbocycles. The molecule has 2 atom stereocenters. The van der Waals surface area contributed by atoms with Crippen LogP contribution in [0, 0.1) is 0 Å². The molecule has 1 aromatic carbocycles. The van der Waals surface area contributed by atoms with E-state index in [1.54, 1.807) is 12.4 Å². The third-order valence-corrected chi connectivity index (χ3v) is 4.72. The minimum atomic E-state index is 0.0251. The molecular weight excluding hydrogens is 278 g/mol. The lowest BCUT2D eigenvalue weighted by molar-refractivity contribution is -0.121. The molecule has 5 nitrogen and oxygen atoms in total. The average molecular weight is 295 g/mol. The molecule has 2 bridgehead atoms. The number of nitrogens with zero attached hydrogens (tertiary/aromatic N) is 2. The van der Waals surface area contributed by atoms with Crippen molar-refractivity contribution in [1.29, 1.82) is 0 Å². The maximum atomic E-state index is 13.1. The Morgan fingerprint density at radius 1 is 1.23 bits per heavy atom. The van der Waals surface area contributed by atoms with Gasteiger partial charge in [0, 0.05) is 48.4 Å². The number of carbonyl (C=O) groups is 2. The maximum absolute atomic E-state index is 13.1. The summed E-state index contributed by atoms with van der Waals surface area (Å²) in [5.74, 6) is 0.0768. The van der Waals surface area contributed by atoms with Crippen molar-refractivity contribution in [1.82, 2.24) is 15.2 Å². The van der Waals surface area contributed by atoms with Crippen LogP contribution in [0.1, 0.15) is 29.6 Å². The van der Waals surface area contributed by atoms with Gasteiger partial charge in [0.2, 0.25) is 5.91 Å². The highest BCUT2D eigenvalue weighted by Crippen LogP contribution is 2.31. The fraction of sp³-hybridized carbons (Fsp3) is 0.353. The lowest BCUT2D eigenvalue weighted by Gasteiger charge is -2.28. The van der Waals surface area contributed by atoms with E-state index in [1.165, 1.54) is 0 Å². The fourth-order valence-corrected chi connectivity index (χ4v) is 3.66. The summed E-state index contributed by atoms with van der Waals surface area (Å²) in [4.78, 5) is 30.9. The highest BCUT2D eigenvalue weighted by molar-refractivity contribution is 6.07. The molecule has 4 rings (SSSR count). The maximum Gasteiger partial charge on any atom is 0.255 e. The van der Waals surface area contributed by atoms with E-state index in [1.807, 2.05) is 29.2 Å². The number of benzene rings is 1. The van der Waals surface area contributed by atoms with Gasteiger partial charge in [0.1, 0.15) is 0 Å². The van der Waals surface area contributed by atoms with Crippen molar-refractivity contribution in [3.63, 3.8) is 0 Å². The van der Waals surface area contributed by atoms with E-state index >= 15 is 0 Å². The first-order chi connectivity index (χ1) is 10.7. The van der Waals surface area contributed by atoms with Gasteiger partial charge in [-0.1, -0.05) is 12.1 Å². The molecule has 5 heteroatoms. The number of carbonyl (C=O) groups excluding carboxylic acids is 2. The Hall–Kier alpha value is -2.43. The molecule has 0 spiro atoms. The third-order valence-electron chi connectivity index (χ3n) is 4.72. The van der Waals surface area contributed by atoms with Crippen LogP contribution in [-0.2, 0) is 4.79 Å². The fourth-order valence-electron chi connectivity index (χ4n) is 3.66. The van der Waals surface area contributed by atoms with E-state index in [9.17, 15) is 9.59 Å². The van der Waals surface area contributed by atoms with Crippen LogP contribution >= 0.6 is 0 Å². The van der Waals surface area contributed by atoms with Gasteiger partial charge in [-0.05, 0) is 30.4 Å². The summed E-state index contributed by atoms with van der Waals surface area (Å²) in [6.07, 6.45) is 5.77. The summed E-state index contributed by atoms with van der Waals surface area (Å²) < 4.78 is 0. The first kappa shape index (κ1) is 13.2. The molecule has 0 radical (unpaired) electrons. The second-order valence-corrected chi connectivity index (χ2v) is 6.01. The van der Waals surface area contributed by atoms with Gasteiger partial charge >= 0.3 is 0 Å². The van der Waals surface area contributed by atoms with E-state index in [0.29, 0.717) is 18.5 Å². The largest absolute Gasteiger partial charge is 0.354 e. The molecule has 2 aliphatic heterocycles. The Bertz CT molecular complexity index is 753. The standard InChI is InChI=1S/C17H17N3O2/c21-16-8-12-4-5-13(10-19-16)20(12)17(22)15-3-1-2-11-9-18-7-6-14(11)15/h1-3,6-7,9,12-13H,4-5,8,10H2,(H,19,21). The number of hydrogen-bond donors (Lipinski definition) is 1. The summed E-state index contributed by atoms with van der Waals surface area (Å²) >= 11 is 0. The number of hydrogen-bond acceptors (Lipinski definition) is 3. The molecule has 2 aliphatic rings. The van der Waals surface area contributed by atoms with E-state index in [2.05, 4.69) is 10.3 Å². The summed E-state index contributed by atoms with van der Waals surface area (Å²) in [6, 6.07) is 7.73. The highest BCUT2D eigenvalue weighted by atomic mass is 16.2. The second kappa shape index (κ2) is 5.09. The van der Waals surface area contributed by atoms with Crippen molar-refractivity contribution in [2.24, 2.45) is 0 Å². The van der Waals surface area contributed by atoms with Crippen molar-refractivity contribution in [3.05, 3.63) is 42.2 Å². The zero-order chi connectivity index (χ0) is 15.1. The molecule has 2 unspecified atom stereocenters. The van der Waals surface area contributed by atoms with Crippen LogP contribution in [-0.4, -0.2) is 40.3 Å². The van der Waals surface area contributed by atoms with E-state index in [0.717, 1.165) is 23.6 Å². The van der Waals surface area contributed by atoms with Gasteiger partial charge in [-0.2, -0.15) is 0 Å². The molecule has 0 saturated carbocycles. The monoisotopic (exact) mass is 295 g/mol. The summed E-state index contributed by atoms with van der Waals surface area (Å²) in [5.41, 5.74) is 0.700. The van der Waals surface area contributed by atoms with Crippen LogP contribution in [0.4, 0.5) is 0 Å². The van der Waals surface area contributed by atoms with Crippen LogP contribution in [0.5, 0.6) is 0 Å². The van der Waals surface area contributed by atoms with Crippen LogP contribution < -0.4 is 5.32 Å². The van der Waals surface area contributed by atoms with Crippen LogP contribution in [0.3, 0.4) is 0 Å². The Morgan fingerprint density at radius 3 is 3.00 bits per heavy atom. The lowest BCUT2D eigenvalue weighted by Crippen LogP contribution is -2.42. The quantitative estimate of drug-likeness (QED) is 0.871. The van der Waals surface area contributed by atoms with Crippen LogP contribution in [0.25, 0.3) is 10.8 Å². The Kier molecular flexibility index (Phi) is 3.06. The number of rotatable bonds is 1. The van der Waals surface area contributed by atoms with Crippen molar-refractivity contribution in [2.45, 2.75) is 31.3 Å². The Morgan fingerprint density at radius 2 is 2.09 bits per heavy atom. The molecule has 2 saturated heterocycles. The average Bonchev–Trinajstić information content (AvgIpc) is 2.85. The van der Waals surface area contributed by atoms with E-state index < -0.39 is 0 Å². The highest BCUT2D eigenvalue weighted by Gasteiger charge is 2.40. The molecule has 2 aromatic rings. The SMILES string of the molecule is O=C1CC2CCC(CN1)N2C(=O)c1cccc2cnccc12. The van der Waals surface area contributed by atoms with Gasteiger partial charge < -0.3 is 10.2 Å². The second-order valence-electron chi connectivity index (χ2n) is 6.01. The first-order valence-corrected chi connectivity index (χ1v) is 7.66. The molecule has 2 fully saturated rings. The predicted molar refractivity (Wildman–Crippen MR) is 82.3 cm³/mol. The van der Waals surface area contributed by atoms with Crippen molar-refractivity contribution >= 4 is 22.6 Å². The van der Waals surface area contributed by atoms with Crippen molar-refractivity contribution in [3.8, 4) is 0 Å². The smallest absolute Gasteiger partial charge is 0.255 e. The Labute approximate surface area is 128 Å². The summed E-state index contributed by atoms with van der Waals surface area (Å²) in [7, 11) is 0. The molecular formula is C17H17N3O2. The van der Waals surface area contributed by atoms with Gasteiger partial charge in [-0.3, -0.25) is 14.6 Å². The van der Waals surface area contributed by atoms with Crippen molar-refractivity contribution in [2.75, 3.05) is 6.54 Å². The van der Waals surface area contributed by atoms with Gasteiger partial charge in [0.05, 0.1) is 0 Å². The van der Waals surface area contributed by atoms with Gasteiger partial charge in [-0.15, -0.1) is 0 Å². The number of pyridine rings is 1. The topological polar surface area (TPSA) is 62.3 Å². The molecule has 3 heterocycles. The van der Waals surface area contributed by atoms with Gasteiger partial charge in [-0.25, -0.2) is 0 Å². The number of amides is 2. The van der Waals surface area contributed by atoms with E-state index in [4.69, 9.17) is 0 Å². The third kappa shape index (κ3) is 2.04. The zero-order valence-electron chi connectivity index (χ0n) is 12.2. The van der Waals surface area contributed by atoms with E-state index in [-0.39, 0.29) is 23.9 Å². The van der Waals surface area contributed by atoms with Crippen LogP contribution in [0.2, 0.25) is 0 Å². The molecule has 22 heavy (non-hydrogen) atoms. The molecule has 2 amide bonds. The molecule has 1 aromatic heterocycles. The zero-order valence-corrected chi connectivity index (χ0v) is 12.2. The lowest BCUT2D eigenvalue weighted by atomic mass is 10.0. The number of aromatic nitrogens is 1. The summed E-state index contributed by atoms with van der Waals surface area (Å²) in [6.45, 7) is 0.563. The molecule has 112 valence electrons. The number of fused-ring (bicyclic) bond motifs is 3. The molecule has 1 N–H and O–H groups in total. The van der Waals surface area contributed by atoms with Gasteiger partial charge in [0.25, 0.3) is 5.91 Å². The normalized spacial score (nSPS) is 24.2. The van der Waals surface area contributed by atoms with Gasteiger partial charge in [0.15, 0.2) is 0 Å². The minimum Gasteiger partial charge on any atom is -0.354 e. The minimum absolute atomic E-state index is 0.0251.